The summed E-state index contributed by atoms with van der Waals surface area (Å²) in [5.74, 6) is -0.293. The Balaban J connectivity index is 1.70. The molecule has 2 aromatic heterocycles. The first kappa shape index (κ1) is 19.1. The summed E-state index contributed by atoms with van der Waals surface area (Å²) < 4.78 is 16.6. The number of benzene rings is 2. The Morgan fingerprint density at radius 3 is 2.62 bits per heavy atom. The molecule has 6 nitrogen and oxygen atoms in total. The second-order valence-corrected chi connectivity index (χ2v) is 7.03. The smallest absolute Gasteiger partial charge is 0.263 e. The second kappa shape index (κ2) is 7.67. The monoisotopic (exact) mass is 411 g/mol. The standard InChI is InChI=1S/C21H19ClFN5O/c1-3-12-27-17-7-5-4-6-16(17)24-21(27)25-20(29)18-13(2)26-28(19(18)22)15-10-8-14(23)9-11-15/h4-11H,3,12H2,1-2H3,(H,24,25,29). The van der Waals surface area contributed by atoms with Crippen LogP contribution in [0.1, 0.15) is 29.4 Å². The van der Waals surface area contributed by atoms with Crippen LogP contribution in [0, 0.1) is 12.7 Å². The topological polar surface area (TPSA) is 64.7 Å². The number of imidazole rings is 1. The third kappa shape index (κ3) is 3.49. The van der Waals surface area contributed by atoms with Gasteiger partial charge in [0.05, 0.1) is 22.4 Å². The lowest BCUT2D eigenvalue weighted by Gasteiger charge is -2.09. The number of aromatic nitrogens is 4. The van der Waals surface area contributed by atoms with Crippen molar-refractivity contribution in [3.05, 3.63) is 70.8 Å². The van der Waals surface area contributed by atoms with E-state index in [1.54, 1.807) is 19.1 Å². The van der Waals surface area contributed by atoms with Gasteiger partial charge in [-0.3, -0.25) is 10.1 Å². The number of fused-ring (bicyclic) bond motifs is 1. The van der Waals surface area contributed by atoms with Gasteiger partial charge in [0.25, 0.3) is 5.91 Å². The maximum Gasteiger partial charge on any atom is 0.263 e. The Morgan fingerprint density at radius 1 is 1.17 bits per heavy atom. The van der Waals surface area contributed by atoms with Gasteiger partial charge in [-0.05, 0) is 49.7 Å². The van der Waals surface area contributed by atoms with Crippen molar-refractivity contribution in [3.63, 3.8) is 0 Å². The average molecular weight is 412 g/mol. The third-order valence-electron chi connectivity index (χ3n) is 4.63. The molecule has 0 radical (unpaired) electrons. The lowest BCUT2D eigenvalue weighted by molar-refractivity contribution is 0.102. The second-order valence-electron chi connectivity index (χ2n) is 6.67. The molecule has 0 unspecified atom stereocenters. The van der Waals surface area contributed by atoms with Gasteiger partial charge in [-0.25, -0.2) is 14.1 Å². The van der Waals surface area contributed by atoms with Gasteiger partial charge in [0.1, 0.15) is 16.5 Å². The fraction of sp³-hybridized carbons (Fsp3) is 0.190. The fourth-order valence-electron chi connectivity index (χ4n) is 3.30. The molecule has 2 aromatic carbocycles. The Hall–Kier alpha value is -3.19. The number of carbonyl (C=O) groups excluding carboxylic acids is 1. The van der Waals surface area contributed by atoms with Gasteiger partial charge in [-0.2, -0.15) is 5.10 Å². The third-order valence-corrected chi connectivity index (χ3v) is 4.98. The van der Waals surface area contributed by atoms with Crippen LogP contribution in [0.2, 0.25) is 5.15 Å². The van der Waals surface area contributed by atoms with Crippen molar-refractivity contribution < 1.29 is 9.18 Å². The maximum absolute atomic E-state index is 13.2. The van der Waals surface area contributed by atoms with Gasteiger partial charge < -0.3 is 4.57 Å². The zero-order valence-electron chi connectivity index (χ0n) is 16.0. The summed E-state index contributed by atoms with van der Waals surface area (Å²) >= 11 is 6.46. The molecule has 0 fully saturated rings. The molecule has 0 aliphatic carbocycles. The molecule has 8 heteroatoms. The van der Waals surface area contributed by atoms with Crippen LogP contribution in [0.4, 0.5) is 10.3 Å². The highest BCUT2D eigenvalue weighted by Gasteiger charge is 2.23. The first-order valence-corrected chi connectivity index (χ1v) is 9.65. The lowest BCUT2D eigenvalue weighted by atomic mass is 10.2. The van der Waals surface area contributed by atoms with Gasteiger partial charge in [0.2, 0.25) is 5.95 Å². The van der Waals surface area contributed by atoms with Gasteiger partial charge in [0, 0.05) is 6.54 Å². The molecule has 0 saturated carbocycles. The predicted molar refractivity (Wildman–Crippen MR) is 111 cm³/mol. The van der Waals surface area contributed by atoms with Crippen LogP contribution in [0.15, 0.2) is 48.5 Å². The zero-order chi connectivity index (χ0) is 20.5. The highest BCUT2D eigenvalue weighted by Crippen LogP contribution is 2.26. The van der Waals surface area contributed by atoms with Crippen LogP contribution in [-0.2, 0) is 6.54 Å². The molecule has 0 atom stereocenters. The van der Waals surface area contributed by atoms with Crippen LogP contribution in [0.25, 0.3) is 16.7 Å². The van der Waals surface area contributed by atoms with Gasteiger partial charge in [-0.15, -0.1) is 0 Å². The summed E-state index contributed by atoms with van der Waals surface area (Å²) in [5.41, 5.74) is 3.05. The van der Waals surface area contributed by atoms with Gasteiger partial charge in [-0.1, -0.05) is 30.7 Å². The molecule has 0 aliphatic heterocycles. The molecular weight excluding hydrogens is 393 g/mol. The van der Waals surface area contributed by atoms with E-state index in [9.17, 15) is 9.18 Å². The number of nitrogens with zero attached hydrogens (tertiary/aromatic N) is 4. The highest BCUT2D eigenvalue weighted by molar-refractivity contribution is 6.34. The Kier molecular flexibility index (Phi) is 5.07. The van der Waals surface area contributed by atoms with E-state index < -0.39 is 5.91 Å². The Morgan fingerprint density at radius 2 is 1.90 bits per heavy atom. The number of nitrogens with one attached hydrogen (secondary N) is 1. The van der Waals surface area contributed by atoms with E-state index in [0.29, 0.717) is 17.3 Å². The largest absolute Gasteiger partial charge is 0.310 e. The van der Waals surface area contributed by atoms with Crippen molar-refractivity contribution in [2.75, 3.05) is 5.32 Å². The summed E-state index contributed by atoms with van der Waals surface area (Å²) in [6, 6.07) is 13.5. The summed E-state index contributed by atoms with van der Waals surface area (Å²) in [5, 5.41) is 7.38. The van der Waals surface area contributed by atoms with Crippen molar-refractivity contribution >= 4 is 34.5 Å². The summed E-state index contributed by atoms with van der Waals surface area (Å²) in [6.07, 6.45) is 0.894. The average Bonchev–Trinajstić information content (AvgIpc) is 3.19. The SMILES string of the molecule is CCCn1c(NC(=O)c2c(C)nn(-c3ccc(F)cc3)c2Cl)nc2ccccc21. The van der Waals surface area contributed by atoms with Gasteiger partial charge in [0.15, 0.2) is 0 Å². The normalized spacial score (nSPS) is 11.2. The molecule has 29 heavy (non-hydrogen) atoms. The van der Waals surface area contributed by atoms with E-state index in [-0.39, 0.29) is 16.5 Å². The first-order valence-electron chi connectivity index (χ1n) is 9.27. The zero-order valence-corrected chi connectivity index (χ0v) is 16.7. The fourth-order valence-corrected chi connectivity index (χ4v) is 3.65. The minimum Gasteiger partial charge on any atom is -0.310 e. The predicted octanol–water partition coefficient (Wildman–Crippen LogP) is 4.99. The van der Waals surface area contributed by atoms with Gasteiger partial charge >= 0.3 is 0 Å². The van der Waals surface area contributed by atoms with E-state index in [0.717, 1.165) is 24.0 Å². The van der Waals surface area contributed by atoms with E-state index in [1.807, 2.05) is 28.8 Å². The molecule has 1 N–H and O–H groups in total. The number of para-hydroxylation sites is 2. The number of halogens is 2. The Labute approximate surface area is 171 Å². The number of carbonyl (C=O) groups is 1. The molecule has 0 saturated heterocycles. The van der Waals surface area contributed by atoms with Crippen molar-refractivity contribution in [1.82, 2.24) is 19.3 Å². The molecule has 0 bridgehead atoms. The van der Waals surface area contributed by atoms with Crippen LogP contribution in [-0.4, -0.2) is 25.2 Å². The molecule has 0 spiro atoms. The van der Waals surface area contributed by atoms with E-state index >= 15 is 0 Å². The number of rotatable bonds is 5. The quantitative estimate of drug-likeness (QED) is 0.503. The Bertz CT molecular complexity index is 1200. The molecule has 2 heterocycles. The van der Waals surface area contributed by atoms with Crippen molar-refractivity contribution in [2.24, 2.45) is 0 Å². The molecule has 148 valence electrons. The van der Waals surface area contributed by atoms with Crippen molar-refractivity contribution in [1.29, 1.82) is 0 Å². The molecule has 4 aromatic rings. The molecular formula is C21H19ClFN5O. The van der Waals surface area contributed by atoms with E-state index in [4.69, 9.17) is 11.6 Å². The maximum atomic E-state index is 13.2. The molecule has 1 amide bonds. The minimum absolute atomic E-state index is 0.157. The summed E-state index contributed by atoms with van der Waals surface area (Å²) in [6.45, 7) is 4.49. The molecule has 0 aliphatic rings. The number of hydrogen-bond donors (Lipinski definition) is 1. The number of hydrogen-bond acceptors (Lipinski definition) is 3. The van der Waals surface area contributed by atoms with E-state index in [2.05, 4.69) is 22.3 Å². The first-order chi connectivity index (χ1) is 14.0. The van der Waals surface area contributed by atoms with Crippen LogP contribution in [0.3, 0.4) is 0 Å². The van der Waals surface area contributed by atoms with E-state index in [1.165, 1.54) is 16.8 Å². The lowest BCUT2D eigenvalue weighted by Crippen LogP contribution is -2.17. The number of anilines is 1. The van der Waals surface area contributed by atoms with Crippen molar-refractivity contribution in [3.8, 4) is 5.69 Å². The van der Waals surface area contributed by atoms with Crippen LogP contribution < -0.4 is 5.32 Å². The highest BCUT2D eigenvalue weighted by atomic mass is 35.5. The van der Waals surface area contributed by atoms with Crippen molar-refractivity contribution in [2.45, 2.75) is 26.8 Å². The van der Waals surface area contributed by atoms with Crippen LogP contribution >= 0.6 is 11.6 Å². The molecule has 4 rings (SSSR count). The summed E-state index contributed by atoms with van der Waals surface area (Å²) in [4.78, 5) is 17.6. The van der Waals surface area contributed by atoms with Crippen LogP contribution in [0.5, 0.6) is 0 Å². The summed E-state index contributed by atoms with van der Waals surface area (Å²) in [7, 11) is 0. The number of aryl methyl sites for hydroxylation is 2. The minimum atomic E-state index is -0.395. The number of amides is 1.